The molecule has 1 aliphatic rings. The minimum Gasteiger partial charge on any atom is -0.507 e. The monoisotopic (exact) mass is 427 g/mol. The van der Waals surface area contributed by atoms with Crippen LogP contribution in [0.2, 0.25) is 5.02 Å². The third-order valence-electron chi connectivity index (χ3n) is 5.01. The Morgan fingerprint density at radius 3 is 2.93 bits per heavy atom. The zero-order valence-corrected chi connectivity index (χ0v) is 16.5. The van der Waals surface area contributed by atoms with Crippen molar-refractivity contribution in [3.8, 4) is 22.8 Å². The van der Waals surface area contributed by atoms with Crippen LogP contribution in [0.4, 0.5) is 0 Å². The molecule has 7 nitrogen and oxygen atoms in total. The lowest BCUT2D eigenvalue weighted by Gasteiger charge is -2.26. The van der Waals surface area contributed by atoms with Crippen LogP contribution in [0.3, 0.4) is 0 Å². The lowest BCUT2D eigenvalue weighted by molar-refractivity contribution is 0.0735. The van der Waals surface area contributed by atoms with Gasteiger partial charge in [-0.2, -0.15) is 0 Å². The summed E-state index contributed by atoms with van der Waals surface area (Å²) in [6, 6.07) is 8.05. The fourth-order valence-corrected chi connectivity index (χ4v) is 4.38. The topological polar surface area (TPSA) is 99.7 Å². The first-order valence-electron chi connectivity index (χ1n) is 8.83. The molecule has 0 bridgehead atoms. The Balaban J connectivity index is 1.48. The van der Waals surface area contributed by atoms with Crippen molar-refractivity contribution < 1.29 is 19.5 Å². The van der Waals surface area contributed by atoms with E-state index in [2.05, 4.69) is 10.1 Å². The predicted molar refractivity (Wildman–Crippen MR) is 108 cm³/mol. The molecule has 4 aromatic rings. The van der Waals surface area contributed by atoms with E-state index in [4.69, 9.17) is 16.1 Å². The van der Waals surface area contributed by atoms with Gasteiger partial charge in [0.25, 0.3) is 5.91 Å². The molecule has 0 saturated heterocycles. The van der Waals surface area contributed by atoms with Crippen LogP contribution < -0.4 is 0 Å². The minimum atomic E-state index is -0.225. The molecule has 0 radical (unpaired) electrons. The lowest BCUT2D eigenvalue weighted by atomic mass is 10.00. The molecule has 3 heterocycles. The molecule has 0 spiro atoms. The zero-order chi connectivity index (χ0) is 20.1. The van der Waals surface area contributed by atoms with Crippen molar-refractivity contribution >= 4 is 39.1 Å². The molecule has 9 heteroatoms. The maximum atomic E-state index is 13.1. The fourth-order valence-electron chi connectivity index (χ4n) is 3.50. The van der Waals surface area contributed by atoms with E-state index in [-0.39, 0.29) is 22.4 Å². The molecule has 2 aromatic carbocycles. The summed E-state index contributed by atoms with van der Waals surface area (Å²) in [4.78, 5) is 19.0. The molecule has 0 fully saturated rings. The summed E-state index contributed by atoms with van der Waals surface area (Å²) in [5.74, 6) is -0.151. The SMILES string of the molecule is O=C(c1ccc2ncsc2c1)N1CCc2noc(-c3cc(Cl)c(O)cc3O)c2C1. The maximum absolute atomic E-state index is 13.1. The average molecular weight is 428 g/mol. The molecule has 2 aromatic heterocycles. The molecule has 0 saturated carbocycles. The molecule has 146 valence electrons. The molecule has 1 amide bonds. The Kier molecular flexibility index (Phi) is 4.18. The average Bonchev–Trinajstić information content (AvgIpc) is 3.36. The minimum absolute atomic E-state index is 0.0875. The van der Waals surface area contributed by atoms with Gasteiger partial charge in [0.2, 0.25) is 0 Å². The smallest absolute Gasteiger partial charge is 0.254 e. The highest BCUT2D eigenvalue weighted by molar-refractivity contribution is 7.16. The number of benzene rings is 2. The number of carbonyl (C=O) groups excluding carboxylic acids is 1. The highest BCUT2D eigenvalue weighted by atomic mass is 35.5. The van der Waals surface area contributed by atoms with Gasteiger partial charge in [-0.25, -0.2) is 4.98 Å². The third kappa shape index (κ3) is 3.01. The van der Waals surface area contributed by atoms with Crippen molar-refractivity contribution in [2.45, 2.75) is 13.0 Å². The number of aromatic hydroxyl groups is 2. The molecule has 0 unspecified atom stereocenters. The number of phenols is 2. The summed E-state index contributed by atoms with van der Waals surface area (Å²) in [6.45, 7) is 0.812. The number of amides is 1. The van der Waals surface area contributed by atoms with Crippen LogP contribution in [0.25, 0.3) is 21.5 Å². The van der Waals surface area contributed by atoms with Gasteiger partial charge >= 0.3 is 0 Å². The lowest BCUT2D eigenvalue weighted by Crippen LogP contribution is -2.35. The summed E-state index contributed by atoms with van der Waals surface area (Å²) in [5, 5.41) is 24.1. The molecule has 0 atom stereocenters. The summed E-state index contributed by atoms with van der Waals surface area (Å²) in [7, 11) is 0. The Bertz CT molecular complexity index is 1270. The normalized spacial score (nSPS) is 13.6. The summed E-state index contributed by atoms with van der Waals surface area (Å²) < 4.78 is 6.43. The number of aromatic nitrogens is 2. The van der Waals surface area contributed by atoms with Crippen LogP contribution in [-0.2, 0) is 13.0 Å². The van der Waals surface area contributed by atoms with E-state index < -0.39 is 0 Å². The first-order valence-corrected chi connectivity index (χ1v) is 10.1. The van der Waals surface area contributed by atoms with E-state index >= 15 is 0 Å². The summed E-state index contributed by atoms with van der Waals surface area (Å²) in [6.07, 6.45) is 0.542. The first kappa shape index (κ1) is 18.0. The Morgan fingerprint density at radius 2 is 2.07 bits per heavy atom. The van der Waals surface area contributed by atoms with Crippen LogP contribution in [0, 0.1) is 0 Å². The van der Waals surface area contributed by atoms with Gasteiger partial charge in [0.1, 0.15) is 11.5 Å². The number of hydrogen-bond acceptors (Lipinski definition) is 7. The standard InChI is InChI=1S/C20H14ClN3O4S/c21-13-6-11(16(25)7-17(13)26)19-12-8-24(4-3-14(12)23-28-19)20(27)10-1-2-15-18(5-10)29-9-22-15/h1-2,5-7,9,25-26H,3-4,8H2. The predicted octanol–water partition coefficient (Wildman–Crippen LogP) is 4.21. The second kappa shape index (κ2) is 6.75. The van der Waals surface area contributed by atoms with Gasteiger partial charge < -0.3 is 19.6 Å². The number of rotatable bonds is 2. The summed E-state index contributed by atoms with van der Waals surface area (Å²) >= 11 is 7.48. The van der Waals surface area contributed by atoms with E-state index in [0.29, 0.717) is 36.4 Å². The number of hydrogen-bond donors (Lipinski definition) is 2. The van der Waals surface area contributed by atoms with Crippen LogP contribution in [0.5, 0.6) is 11.5 Å². The Hall–Kier alpha value is -3.10. The van der Waals surface area contributed by atoms with Gasteiger partial charge in [-0.1, -0.05) is 16.8 Å². The van der Waals surface area contributed by atoms with Gasteiger partial charge in [-0.05, 0) is 24.3 Å². The van der Waals surface area contributed by atoms with E-state index in [9.17, 15) is 15.0 Å². The maximum Gasteiger partial charge on any atom is 0.254 e. The molecule has 5 rings (SSSR count). The van der Waals surface area contributed by atoms with Gasteiger partial charge in [0.15, 0.2) is 5.76 Å². The highest BCUT2D eigenvalue weighted by Gasteiger charge is 2.29. The quantitative estimate of drug-likeness (QED) is 0.497. The van der Waals surface area contributed by atoms with Crippen molar-refractivity contribution in [3.05, 3.63) is 57.7 Å². The second-order valence-electron chi connectivity index (χ2n) is 6.77. The number of carbonyl (C=O) groups is 1. The number of halogens is 1. The molecule has 29 heavy (non-hydrogen) atoms. The van der Waals surface area contributed by atoms with E-state index in [1.165, 1.54) is 17.4 Å². The van der Waals surface area contributed by atoms with Crippen LogP contribution in [0.15, 0.2) is 40.4 Å². The molecular formula is C20H14ClN3O4S. The molecular weight excluding hydrogens is 414 g/mol. The van der Waals surface area contributed by atoms with Crippen LogP contribution >= 0.6 is 22.9 Å². The first-order chi connectivity index (χ1) is 14.0. The third-order valence-corrected chi connectivity index (χ3v) is 6.11. The number of thiazole rings is 1. The molecule has 0 aliphatic carbocycles. The fraction of sp³-hybridized carbons (Fsp3) is 0.150. The van der Waals surface area contributed by atoms with Crippen molar-refractivity contribution in [2.75, 3.05) is 6.54 Å². The van der Waals surface area contributed by atoms with E-state index in [1.807, 2.05) is 12.1 Å². The highest BCUT2D eigenvalue weighted by Crippen LogP contribution is 2.40. The number of phenolic OH excluding ortho intramolecular Hbond substituents is 2. The van der Waals surface area contributed by atoms with Gasteiger partial charge in [0.05, 0.1) is 38.6 Å². The van der Waals surface area contributed by atoms with Crippen LogP contribution in [-0.4, -0.2) is 37.7 Å². The largest absolute Gasteiger partial charge is 0.507 e. The number of fused-ring (bicyclic) bond motifs is 2. The zero-order valence-electron chi connectivity index (χ0n) is 14.9. The number of nitrogens with zero attached hydrogens (tertiary/aromatic N) is 3. The van der Waals surface area contributed by atoms with E-state index in [0.717, 1.165) is 27.5 Å². The Morgan fingerprint density at radius 1 is 1.21 bits per heavy atom. The molecule has 1 aliphatic heterocycles. The Labute approximate surface area is 173 Å². The van der Waals surface area contributed by atoms with E-state index in [1.54, 1.807) is 16.5 Å². The van der Waals surface area contributed by atoms with Gasteiger partial charge in [-0.15, -0.1) is 11.3 Å². The van der Waals surface area contributed by atoms with Gasteiger partial charge in [0, 0.05) is 30.2 Å². The summed E-state index contributed by atoms with van der Waals surface area (Å²) in [5.41, 5.74) is 5.00. The van der Waals surface area contributed by atoms with Crippen molar-refractivity contribution in [1.82, 2.24) is 15.0 Å². The van der Waals surface area contributed by atoms with Crippen molar-refractivity contribution in [1.29, 1.82) is 0 Å². The molecule has 2 N–H and O–H groups in total. The van der Waals surface area contributed by atoms with Gasteiger partial charge in [-0.3, -0.25) is 4.79 Å². The van der Waals surface area contributed by atoms with Crippen molar-refractivity contribution in [3.63, 3.8) is 0 Å². The second-order valence-corrected chi connectivity index (χ2v) is 8.06. The van der Waals surface area contributed by atoms with Crippen molar-refractivity contribution in [2.24, 2.45) is 0 Å². The van der Waals surface area contributed by atoms with Crippen LogP contribution in [0.1, 0.15) is 21.6 Å².